The van der Waals surface area contributed by atoms with E-state index in [9.17, 15) is 4.79 Å². The first-order chi connectivity index (χ1) is 11.2. The second-order valence-corrected chi connectivity index (χ2v) is 7.23. The molecule has 0 spiro atoms. The number of nitrogens with two attached hydrogens (primary N) is 1. The van der Waals surface area contributed by atoms with Crippen LogP contribution in [0.2, 0.25) is 0 Å². The van der Waals surface area contributed by atoms with Gasteiger partial charge in [-0.3, -0.25) is 4.79 Å². The Bertz CT molecular complexity index is 467. The van der Waals surface area contributed by atoms with Crippen LogP contribution in [0.5, 0.6) is 0 Å². The number of halogens is 1. The summed E-state index contributed by atoms with van der Waals surface area (Å²) in [5.74, 6) is 0.953. The van der Waals surface area contributed by atoms with Crippen LogP contribution in [0.1, 0.15) is 24.8 Å². The molecule has 0 saturated carbocycles. The maximum absolute atomic E-state index is 12.1. The minimum Gasteiger partial charge on any atom is -0.352 e. The van der Waals surface area contributed by atoms with E-state index in [4.69, 9.17) is 5.73 Å². The zero-order valence-electron chi connectivity index (χ0n) is 14.4. The summed E-state index contributed by atoms with van der Waals surface area (Å²) in [4.78, 5) is 14.5. The van der Waals surface area contributed by atoms with Crippen molar-refractivity contribution in [2.24, 2.45) is 5.73 Å². The lowest BCUT2D eigenvalue weighted by Crippen LogP contribution is -2.50. The number of nitrogens with one attached hydrogen (secondary N) is 1. The maximum atomic E-state index is 12.1. The van der Waals surface area contributed by atoms with Crippen LogP contribution in [0, 0.1) is 0 Å². The molecule has 1 aliphatic rings. The van der Waals surface area contributed by atoms with Crippen molar-refractivity contribution in [1.29, 1.82) is 0 Å². The number of hydrogen-bond donors (Lipinski definition) is 2. The molecule has 136 valence electrons. The summed E-state index contributed by atoms with van der Waals surface area (Å²) in [6, 6.07) is 10.5. The van der Waals surface area contributed by atoms with E-state index in [1.807, 2.05) is 6.26 Å². The van der Waals surface area contributed by atoms with Gasteiger partial charge in [-0.2, -0.15) is 11.8 Å². The van der Waals surface area contributed by atoms with Crippen molar-refractivity contribution in [3.63, 3.8) is 0 Å². The van der Waals surface area contributed by atoms with Crippen LogP contribution in [-0.2, 0) is 11.2 Å². The number of carbonyl (C=O) groups excluding carboxylic acids is 1. The van der Waals surface area contributed by atoms with Gasteiger partial charge in [0.2, 0.25) is 5.91 Å². The summed E-state index contributed by atoms with van der Waals surface area (Å²) in [7, 11) is 0. The molecule has 1 aromatic carbocycles. The van der Waals surface area contributed by atoms with Crippen LogP contribution >= 0.6 is 24.2 Å². The fourth-order valence-corrected chi connectivity index (χ4v) is 3.41. The molecule has 1 saturated heterocycles. The Kier molecular flexibility index (Phi) is 10.4. The number of nitrogens with zero attached hydrogens (tertiary/aromatic N) is 1. The second-order valence-electron chi connectivity index (χ2n) is 6.25. The molecule has 1 fully saturated rings. The molecule has 1 atom stereocenters. The molecule has 1 aliphatic heterocycles. The molecule has 4 nitrogen and oxygen atoms in total. The van der Waals surface area contributed by atoms with Crippen LogP contribution in [0.25, 0.3) is 0 Å². The first-order valence-corrected chi connectivity index (χ1v) is 9.89. The highest BCUT2D eigenvalue weighted by Gasteiger charge is 2.22. The average Bonchev–Trinajstić information content (AvgIpc) is 2.60. The van der Waals surface area contributed by atoms with Crippen molar-refractivity contribution in [3.05, 3.63) is 35.9 Å². The molecular weight excluding hydrogens is 342 g/mol. The number of carbonyl (C=O) groups is 1. The Labute approximate surface area is 156 Å². The average molecular weight is 372 g/mol. The Morgan fingerprint density at radius 3 is 2.62 bits per heavy atom. The number of benzene rings is 1. The normalized spacial score (nSPS) is 17.1. The minimum atomic E-state index is -0.362. The summed E-state index contributed by atoms with van der Waals surface area (Å²) in [6.45, 7) is 3.20. The van der Waals surface area contributed by atoms with Gasteiger partial charge in [0.25, 0.3) is 0 Å². The molecule has 1 aromatic rings. The standard InChI is InChI=1S/C18H29N3OS.ClH/c1-23-14-10-17(19)18(22)20-16-8-12-21(13-9-16)11-7-15-5-3-2-4-6-15;/h2-6,16-17H,7-14,19H2,1H3,(H,20,22);1H/t17-;/m0./s1. The Balaban J connectivity index is 0.00000288. The summed E-state index contributed by atoms with van der Waals surface area (Å²) < 4.78 is 0. The molecule has 1 amide bonds. The molecule has 1 heterocycles. The monoisotopic (exact) mass is 371 g/mol. The Morgan fingerprint density at radius 1 is 1.33 bits per heavy atom. The fourth-order valence-electron chi connectivity index (χ4n) is 2.92. The number of rotatable bonds is 8. The molecule has 24 heavy (non-hydrogen) atoms. The number of amides is 1. The van der Waals surface area contributed by atoms with Gasteiger partial charge in [-0.1, -0.05) is 30.3 Å². The van der Waals surface area contributed by atoms with Gasteiger partial charge in [0.05, 0.1) is 6.04 Å². The van der Waals surface area contributed by atoms with E-state index >= 15 is 0 Å². The molecule has 0 bridgehead atoms. The van der Waals surface area contributed by atoms with E-state index in [0.717, 1.165) is 51.1 Å². The molecule has 6 heteroatoms. The number of piperidine rings is 1. The van der Waals surface area contributed by atoms with E-state index in [1.54, 1.807) is 11.8 Å². The Morgan fingerprint density at radius 2 is 2.00 bits per heavy atom. The molecular formula is C18H30ClN3OS. The molecule has 3 N–H and O–H groups in total. The summed E-state index contributed by atoms with van der Waals surface area (Å²) >= 11 is 1.73. The van der Waals surface area contributed by atoms with E-state index in [2.05, 4.69) is 40.5 Å². The summed E-state index contributed by atoms with van der Waals surface area (Å²) in [5.41, 5.74) is 7.32. The van der Waals surface area contributed by atoms with Crippen molar-refractivity contribution in [1.82, 2.24) is 10.2 Å². The van der Waals surface area contributed by atoms with E-state index < -0.39 is 0 Å². The summed E-state index contributed by atoms with van der Waals surface area (Å²) in [5, 5.41) is 3.12. The van der Waals surface area contributed by atoms with Crippen molar-refractivity contribution in [3.8, 4) is 0 Å². The molecule has 0 aliphatic carbocycles. The summed E-state index contributed by atoms with van der Waals surface area (Å²) in [6.07, 6.45) is 5.93. The van der Waals surface area contributed by atoms with Crippen molar-refractivity contribution < 1.29 is 4.79 Å². The first kappa shape index (κ1) is 21.3. The third kappa shape index (κ3) is 7.43. The number of thioether (sulfide) groups is 1. The van der Waals surface area contributed by atoms with Gasteiger partial charge in [0.1, 0.15) is 0 Å². The predicted molar refractivity (Wildman–Crippen MR) is 106 cm³/mol. The van der Waals surface area contributed by atoms with E-state index in [0.29, 0.717) is 0 Å². The predicted octanol–water partition coefficient (Wildman–Crippen LogP) is 2.31. The van der Waals surface area contributed by atoms with Gasteiger partial charge < -0.3 is 16.0 Å². The largest absolute Gasteiger partial charge is 0.352 e. The van der Waals surface area contributed by atoms with Gasteiger partial charge in [0, 0.05) is 25.7 Å². The van der Waals surface area contributed by atoms with Crippen LogP contribution in [0.4, 0.5) is 0 Å². The third-order valence-electron chi connectivity index (χ3n) is 4.46. The van der Waals surface area contributed by atoms with Crippen molar-refractivity contribution in [2.45, 2.75) is 37.8 Å². The smallest absolute Gasteiger partial charge is 0.237 e. The minimum absolute atomic E-state index is 0. The van der Waals surface area contributed by atoms with Crippen LogP contribution in [0.15, 0.2) is 30.3 Å². The number of hydrogen-bond acceptors (Lipinski definition) is 4. The second kappa shape index (κ2) is 11.7. The molecule has 2 rings (SSSR count). The first-order valence-electron chi connectivity index (χ1n) is 8.50. The highest BCUT2D eigenvalue weighted by molar-refractivity contribution is 7.98. The SMILES string of the molecule is CSCC[C@H](N)C(=O)NC1CCN(CCc2ccccc2)CC1.Cl. The van der Waals surface area contributed by atoms with Crippen LogP contribution in [-0.4, -0.2) is 54.5 Å². The number of likely N-dealkylation sites (tertiary alicyclic amines) is 1. The van der Waals surface area contributed by atoms with Gasteiger partial charge in [-0.15, -0.1) is 12.4 Å². The van der Waals surface area contributed by atoms with E-state index in [-0.39, 0.29) is 30.4 Å². The molecule has 0 radical (unpaired) electrons. The molecule has 0 aromatic heterocycles. The zero-order chi connectivity index (χ0) is 16.5. The topological polar surface area (TPSA) is 58.4 Å². The lowest BCUT2D eigenvalue weighted by Gasteiger charge is -2.32. The third-order valence-corrected chi connectivity index (χ3v) is 5.11. The van der Waals surface area contributed by atoms with Gasteiger partial charge in [-0.25, -0.2) is 0 Å². The zero-order valence-corrected chi connectivity index (χ0v) is 16.1. The lowest BCUT2D eigenvalue weighted by atomic mass is 10.0. The maximum Gasteiger partial charge on any atom is 0.237 e. The lowest BCUT2D eigenvalue weighted by molar-refractivity contribution is -0.123. The van der Waals surface area contributed by atoms with Crippen molar-refractivity contribution >= 4 is 30.1 Å². The van der Waals surface area contributed by atoms with Crippen molar-refractivity contribution in [2.75, 3.05) is 31.6 Å². The van der Waals surface area contributed by atoms with Crippen LogP contribution in [0.3, 0.4) is 0 Å². The Hall–Kier alpha value is -0.750. The van der Waals surface area contributed by atoms with Gasteiger partial charge in [0.15, 0.2) is 0 Å². The fraction of sp³-hybridized carbons (Fsp3) is 0.611. The van der Waals surface area contributed by atoms with Gasteiger partial charge >= 0.3 is 0 Å². The highest BCUT2D eigenvalue weighted by atomic mass is 35.5. The highest BCUT2D eigenvalue weighted by Crippen LogP contribution is 2.12. The quantitative estimate of drug-likeness (QED) is 0.736. The van der Waals surface area contributed by atoms with Gasteiger partial charge in [-0.05, 0) is 43.3 Å². The van der Waals surface area contributed by atoms with E-state index in [1.165, 1.54) is 5.56 Å². The van der Waals surface area contributed by atoms with Crippen LogP contribution < -0.4 is 11.1 Å². The molecule has 0 unspecified atom stereocenters.